The van der Waals surface area contributed by atoms with Crippen molar-refractivity contribution in [1.82, 2.24) is 20.0 Å². The molecule has 0 aliphatic heterocycles. The molecule has 0 aromatic heterocycles. The predicted octanol–water partition coefficient (Wildman–Crippen LogP) is 0.00600. The molecule has 1 aromatic rings. The van der Waals surface area contributed by atoms with E-state index in [9.17, 15) is 24.0 Å². The molecule has 0 aliphatic carbocycles. The van der Waals surface area contributed by atoms with Crippen molar-refractivity contribution in [3.8, 4) is 0 Å². The maximum atomic E-state index is 12.9. The van der Waals surface area contributed by atoms with E-state index >= 15 is 0 Å². The van der Waals surface area contributed by atoms with Crippen molar-refractivity contribution in [3.05, 3.63) is 35.9 Å². The molecule has 1 rings (SSSR count). The Morgan fingerprint density at radius 3 is 1.54 bits per heavy atom. The van der Waals surface area contributed by atoms with Gasteiger partial charge in [-0.1, -0.05) is 43.7 Å². The Balaban J connectivity index is 2.86. The van der Waals surface area contributed by atoms with E-state index in [1.54, 1.807) is 4.90 Å². The van der Waals surface area contributed by atoms with Gasteiger partial charge in [-0.25, -0.2) is 0 Å². The number of nitrogens with one attached hydrogen (secondary N) is 1. The Hall–Kier alpha value is -3.55. The zero-order chi connectivity index (χ0) is 29.2. The van der Waals surface area contributed by atoms with Gasteiger partial charge in [-0.15, -0.1) is 0 Å². The topological polar surface area (TPSA) is 188 Å². The van der Waals surface area contributed by atoms with E-state index in [0.717, 1.165) is 19.3 Å². The van der Waals surface area contributed by atoms with Crippen molar-refractivity contribution in [2.45, 2.75) is 26.2 Å². The number of aliphatic carboxylic acids is 4. The van der Waals surface area contributed by atoms with Gasteiger partial charge in [0.1, 0.15) is 0 Å². The zero-order valence-electron chi connectivity index (χ0n) is 22.3. The van der Waals surface area contributed by atoms with Crippen LogP contribution in [0.1, 0.15) is 25.3 Å². The largest absolute Gasteiger partial charge is 0.480 e. The number of hydrogen-bond donors (Lipinski definition) is 5. The second-order valence-corrected chi connectivity index (χ2v) is 9.42. The van der Waals surface area contributed by atoms with Gasteiger partial charge in [-0.3, -0.25) is 38.7 Å². The van der Waals surface area contributed by atoms with Crippen molar-refractivity contribution >= 4 is 29.8 Å². The number of benzene rings is 1. The molecule has 0 aliphatic rings. The van der Waals surface area contributed by atoms with Gasteiger partial charge < -0.3 is 25.7 Å². The summed E-state index contributed by atoms with van der Waals surface area (Å²) in [4.78, 5) is 61.5. The number of carboxylic acids is 4. The van der Waals surface area contributed by atoms with Crippen molar-refractivity contribution in [2.24, 2.45) is 5.92 Å². The maximum absolute atomic E-state index is 12.9. The van der Waals surface area contributed by atoms with Crippen LogP contribution < -0.4 is 5.32 Å². The molecule has 0 radical (unpaired) electrons. The molecule has 13 heteroatoms. The van der Waals surface area contributed by atoms with Gasteiger partial charge in [-0.05, 0) is 24.3 Å². The third-order valence-electron chi connectivity index (χ3n) is 5.92. The second kappa shape index (κ2) is 18.7. The highest BCUT2D eigenvalue weighted by Gasteiger charge is 2.20. The molecule has 1 aromatic carbocycles. The monoisotopic (exact) mass is 552 g/mol. The Labute approximate surface area is 228 Å². The van der Waals surface area contributed by atoms with Crippen LogP contribution in [0.25, 0.3) is 0 Å². The summed E-state index contributed by atoms with van der Waals surface area (Å²) >= 11 is 0. The molecule has 1 atom stereocenters. The lowest BCUT2D eigenvalue weighted by Gasteiger charge is -2.28. The normalized spacial score (nSPS) is 12.0. The first-order valence-electron chi connectivity index (χ1n) is 12.8. The summed E-state index contributed by atoms with van der Waals surface area (Å²) in [7, 11) is 0. The third-order valence-corrected chi connectivity index (χ3v) is 5.92. The first kappa shape index (κ1) is 33.5. The molecule has 1 amide bonds. The summed E-state index contributed by atoms with van der Waals surface area (Å²) in [6.07, 6.45) is 2.67. The van der Waals surface area contributed by atoms with E-state index in [1.807, 2.05) is 30.3 Å². The first-order valence-corrected chi connectivity index (χ1v) is 12.8. The third kappa shape index (κ3) is 16.8. The highest BCUT2D eigenvalue weighted by molar-refractivity contribution is 5.78. The van der Waals surface area contributed by atoms with E-state index in [-0.39, 0.29) is 44.5 Å². The lowest BCUT2D eigenvalue weighted by atomic mass is 9.95. The number of carboxylic acid groups (broad SMARTS) is 4. The van der Waals surface area contributed by atoms with Crippen LogP contribution in [0.15, 0.2) is 30.3 Å². The van der Waals surface area contributed by atoms with Gasteiger partial charge in [0.15, 0.2) is 0 Å². The van der Waals surface area contributed by atoms with Crippen LogP contribution in [0.3, 0.4) is 0 Å². The van der Waals surface area contributed by atoms with Gasteiger partial charge in [-0.2, -0.15) is 0 Å². The summed E-state index contributed by atoms with van der Waals surface area (Å²) in [5.74, 6) is -4.87. The number of carbonyl (C=O) groups excluding carboxylic acids is 1. The number of rotatable bonds is 22. The Morgan fingerprint density at radius 2 is 1.13 bits per heavy atom. The quantitative estimate of drug-likeness (QED) is 0.130. The SMILES string of the molecule is CCCC(CNC(=O)CN(CCN(CC(=O)O)CC(=O)O)CCN(CC(=O)O)CC(=O)O)Cc1ccccc1. The minimum atomic E-state index is -1.20. The summed E-state index contributed by atoms with van der Waals surface area (Å²) in [5, 5.41) is 39.3. The van der Waals surface area contributed by atoms with Gasteiger partial charge in [0, 0.05) is 32.7 Å². The van der Waals surface area contributed by atoms with Gasteiger partial charge in [0.25, 0.3) is 0 Å². The van der Waals surface area contributed by atoms with E-state index < -0.39 is 50.1 Å². The molecule has 1 unspecified atom stereocenters. The Morgan fingerprint density at radius 1 is 0.692 bits per heavy atom. The van der Waals surface area contributed by atoms with Gasteiger partial charge in [0.2, 0.25) is 5.91 Å². The molecular weight excluding hydrogens is 512 g/mol. The zero-order valence-corrected chi connectivity index (χ0v) is 22.3. The molecule has 218 valence electrons. The lowest BCUT2D eigenvalue weighted by molar-refractivity contribution is -0.143. The van der Waals surface area contributed by atoms with Crippen molar-refractivity contribution in [2.75, 3.05) is 65.4 Å². The average molecular weight is 553 g/mol. The number of hydrogen-bond acceptors (Lipinski definition) is 8. The van der Waals surface area contributed by atoms with Crippen LogP contribution >= 0.6 is 0 Å². The summed E-state index contributed by atoms with van der Waals surface area (Å²) < 4.78 is 0. The fourth-order valence-corrected chi connectivity index (χ4v) is 4.18. The van der Waals surface area contributed by atoms with Crippen LogP contribution in [0, 0.1) is 5.92 Å². The van der Waals surface area contributed by atoms with Crippen LogP contribution in [0.4, 0.5) is 0 Å². The van der Waals surface area contributed by atoms with Gasteiger partial charge in [0.05, 0.1) is 32.7 Å². The summed E-state index contributed by atoms with van der Waals surface area (Å²) in [6.45, 7) is 0.672. The van der Waals surface area contributed by atoms with Crippen LogP contribution in [-0.2, 0) is 30.4 Å². The van der Waals surface area contributed by atoms with Crippen LogP contribution in [0.5, 0.6) is 0 Å². The molecule has 0 fully saturated rings. The highest BCUT2D eigenvalue weighted by atomic mass is 16.4. The molecule has 0 bridgehead atoms. The average Bonchev–Trinajstić information content (AvgIpc) is 2.83. The van der Waals surface area contributed by atoms with E-state index in [2.05, 4.69) is 12.2 Å². The van der Waals surface area contributed by atoms with Crippen molar-refractivity contribution < 1.29 is 44.4 Å². The van der Waals surface area contributed by atoms with Crippen LogP contribution in [0.2, 0.25) is 0 Å². The Bertz CT molecular complexity index is 857. The summed E-state index contributed by atoms with van der Waals surface area (Å²) in [6, 6.07) is 9.94. The number of nitrogens with zero attached hydrogens (tertiary/aromatic N) is 3. The minimum absolute atomic E-state index is 0.0240. The fourth-order valence-electron chi connectivity index (χ4n) is 4.18. The highest BCUT2D eigenvalue weighted by Crippen LogP contribution is 2.13. The Kier molecular flexibility index (Phi) is 16.0. The summed E-state index contributed by atoms with van der Waals surface area (Å²) in [5.41, 5.74) is 1.17. The molecule has 39 heavy (non-hydrogen) atoms. The lowest BCUT2D eigenvalue weighted by Crippen LogP contribution is -2.47. The molecule has 0 heterocycles. The van der Waals surface area contributed by atoms with E-state index in [1.165, 1.54) is 15.4 Å². The maximum Gasteiger partial charge on any atom is 0.317 e. The smallest absolute Gasteiger partial charge is 0.317 e. The second-order valence-electron chi connectivity index (χ2n) is 9.42. The number of carbonyl (C=O) groups is 5. The van der Waals surface area contributed by atoms with Crippen molar-refractivity contribution in [1.29, 1.82) is 0 Å². The standard InChI is InChI=1S/C26H40N4O9/c1-2-6-21(13-20-7-4-3-5-8-20)14-27-22(31)15-28(9-11-29(16-23(32)33)17-24(34)35)10-12-30(18-25(36)37)19-26(38)39/h3-5,7-8,21H,2,6,9-19H2,1H3,(H,27,31)(H,32,33)(H,34,35)(H,36,37)(H,38,39). The van der Waals surface area contributed by atoms with E-state index in [4.69, 9.17) is 20.4 Å². The molecule has 0 saturated heterocycles. The predicted molar refractivity (Wildman–Crippen MR) is 141 cm³/mol. The van der Waals surface area contributed by atoms with Gasteiger partial charge >= 0.3 is 23.9 Å². The molecule has 0 saturated carbocycles. The minimum Gasteiger partial charge on any atom is -0.480 e. The first-order chi connectivity index (χ1) is 18.5. The molecule has 5 N–H and O–H groups in total. The van der Waals surface area contributed by atoms with Crippen LogP contribution in [-0.4, -0.2) is 130 Å². The van der Waals surface area contributed by atoms with Crippen molar-refractivity contribution in [3.63, 3.8) is 0 Å². The fraction of sp³-hybridized carbons (Fsp3) is 0.577. The van der Waals surface area contributed by atoms with E-state index in [0.29, 0.717) is 6.54 Å². The molecule has 13 nitrogen and oxygen atoms in total. The number of amides is 1. The molecule has 0 spiro atoms. The molecular formula is C26H40N4O9.